The number of aromatic hydroxyl groups is 1. The van der Waals surface area contributed by atoms with Gasteiger partial charge in [0.1, 0.15) is 5.75 Å². The molecule has 1 heterocycles. The van der Waals surface area contributed by atoms with Gasteiger partial charge in [0.2, 0.25) is 0 Å². The van der Waals surface area contributed by atoms with Crippen molar-refractivity contribution in [1.29, 1.82) is 0 Å². The zero-order valence-corrected chi connectivity index (χ0v) is 12.8. The minimum atomic E-state index is 0.124. The van der Waals surface area contributed by atoms with Gasteiger partial charge in [-0.25, -0.2) is 0 Å². The smallest absolute Gasteiger partial charge is 0.138 e. The number of benzene rings is 1. The van der Waals surface area contributed by atoms with Crippen LogP contribution in [0.4, 0.5) is 0 Å². The van der Waals surface area contributed by atoms with Gasteiger partial charge in [0.25, 0.3) is 0 Å². The van der Waals surface area contributed by atoms with Gasteiger partial charge in [-0.15, -0.1) is 0 Å². The molecule has 2 atom stereocenters. The Balaban J connectivity index is 1.99. The molecule has 0 bridgehead atoms. The Labute approximate surface area is 124 Å². The summed E-state index contributed by atoms with van der Waals surface area (Å²) in [6.07, 6.45) is 1.12. The van der Waals surface area contributed by atoms with Gasteiger partial charge in [-0.3, -0.25) is 0 Å². The zero-order valence-electron chi connectivity index (χ0n) is 11.3. The normalized spacial score (nSPS) is 24.6. The molecule has 106 valence electrons. The summed E-state index contributed by atoms with van der Waals surface area (Å²) in [5.41, 5.74) is 0.753. The van der Waals surface area contributed by atoms with Crippen molar-refractivity contribution in [2.24, 2.45) is 5.92 Å². The molecule has 1 aliphatic rings. The van der Waals surface area contributed by atoms with Gasteiger partial charge in [-0.2, -0.15) is 0 Å². The van der Waals surface area contributed by atoms with E-state index in [0.717, 1.165) is 25.1 Å². The predicted octanol–water partition coefficient (Wildman–Crippen LogP) is 3.13. The number of hydrogen-bond acceptors (Lipinski definition) is 3. The minimum absolute atomic E-state index is 0.124. The number of rotatable bonds is 3. The largest absolute Gasteiger partial charge is 0.506 e. The van der Waals surface area contributed by atoms with Crippen molar-refractivity contribution in [2.45, 2.75) is 25.9 Å². The summed E-state index contributed by atoms with van der Waals surface area (Å²) in [5.74, 6) is 0.717. The summed E-state index contributed by atoms with van der Waals surface area (Å²) in [4.78, 5) is 2.34. The second-order valence-corrected chi connectivity index (χ2v) is 6.25. The molecule has 2 N–H and O–H groups in total. The number of piperidine rings is 1. The van der Waals surface area contributed by atoms with Gasteiger partial charge >= 0.3 is 0 Å². The number of nitrogens with one attached hydrogen (secondary N) is 1. The van der Waals surface area contributed by atoms with Crippen molar-refractivity contribution < 1.29 is 5.11 Å². The second-order valence-electron chi connectivity index (χ2n) is 5.41. The van der Waals surface area contributed by atoms with Crippen LogP contribution in [-0.4, -0.2) is 36.2 Å². The van der Waals surface area contributed by atoms with Crippen LogP contribution >= 0.6 is 23.2 Å². The lowest BCUT2D eigenvalue weighted by molar-refractivity contribution is 0.174. The summed E-state index contributed by atoms with van der Waals surface area (Å²) >= 11 is 11.9. The Morgan fingerprint density at radius 2 is 2.16 bits per heavy atom. The third kappa shape index (κ3) is 3.76. The van der Waals surface area contributed by atoms with E-state index in [0.29, 0.717) is 28.5 Å². The van der Waals surface area contributed by atoms with Crippen LogP contribution in [0.2, 0.25) is 10.0 Å². The van der Waals surface area contributed by atoms with E-state index in [9.17, 15) is 5.11 Å². The van der Waals surface area contributed by atoms with Crippen molar-refractivity contribution in [2.75, 3.05) is 20.1 Å². The number of phenolic OH excluding ortho intramolecular Hbond substituents is 1. The minimum Gasteiger partial charge on any atom is -0.506 e. The van der Waals surface area contributed by atoms with E-state index in [1.165, 1.54) is 0 Å². The molecule has 1 aromatic carbocycles. The monoisotopic (exact) mass is 302 g/mol. The van der Waals surface area contributed by atoms with Crippen LogP contribution in [0.25, 0.3) is 0 Å². The number of halogens is 2. The SMILES string of the molecule is CC1CN(C)CCC1NCc1cc(Cl)cc(Cl)c1O. The Morgan fingerprint density at radius 1 is 1.42 bits per heavy atom. The van der Waals surface area contributed by atoms with E-state index >= 15 is 0 Å². The molecular weight excluding hydrogens is 283 g/mol. The highest BCUT2D eigenvalue weighted by molar-refractivity contribution is 6.35. The lowest BCUT2D eigenvalue weighted by Crippen LogP contribution is -2.46. The lowest BCUT2D eigenvalue weighted by atomic mass is 9.94. The summed E-state index contributed by atoms with van der Waals surface area (Å²) in [6.45, 7) is 5.03. The molecule has 0 saturated carbocycles. The predicted molar refractivity (Wildman–Crippen MR) is 80.0 cm³/mol. The first-order valence-electron chi connectivity index (χ1n) is 6.56. The van der Waals surface area contributed by atoms with E-state index in [4.69, 9.17) is 23.2 Å². The summed E-state index contributed by atoms with van der Waals surface area (Å²) in [5, 5.41) is 14.3. The number of nitrogens with zero attached hydrogens (tertiary/aromatic N) is 1. The molecule has 2 unspecified atom stereocenters. The van der Waals surface area contributed by atoms with Gasteiger partial charge in [-0.05, 0) is 38.1 Å². The van der Waals surface area contributed by atoms with Crippen LogP contribution < -0.4 is 5.32 Å². The molecule has 1 aliphatic heterocycles. The maximum Gasteiger partial charge on any atom is 0.138 e. The third-order valence-electron chi connectivity index (χ3n) is 3.77. The fourth-order valence-electron chi connectivity index (χ4n) is 2.65. The average Bonchev–Trinajstić information content (AvgIpc) is 2.33. The van der Waals surface area contributed by atoms with Crippen LogP contribution in [0, 0.1) is 5.92 Å². The lowest BCUT2D eigenvalue weighted by Gasteiger charge is -2.35. The fourth-order valence-corrected chi connectivity index (χ4v) is 3.19. The van der Waals surface area contributed by atoms with Crippen LogP contribution in [0.15, 0.2) is 12.1 Å². The first kappa shape index (κ1) is 14.9. The maximum absolute atomic E-state index is 9.92. The highest BCUT2D eigenvalue weighted by Crippen LogP contribution is 2.31. The van der Waals surface area contributed by atoms with Gasteiger partial charge in [0.15, 0.2) is 0 Å². The Hall–Kier alpha value is -0.480. The van der Waals surface area contributed by atoms with Crippen molar-refractivity contribution in [3.8, 4) is 5.75 Å². The quantitative estimate of drug-likeness (QED) is 0.900. The molecule has 1 fully saturated rings. The maximum atomic E-state index is 9.92. The average molecular weight is 303 g/mol. The first-order valence-corrected chi connectivity index (χ1v) is 7.31. The van der Waals surface area contributed by atoms with E-state index in [1.54, 1.807) is 12.1 Å². The standard InChI is InChI=1S/C14H20Cl2N2O/c1-9-8-18(2)4-3-13(9)17-7-10-5-11(15)6-12(16)14(10)19/h5-6,9,13,17,19H,3-4,7-8H2,1-2H3. The molecule has 0 aromatic heterocycles. The molecule has 0 aliphatic carbocycles. The third-order valence-corrected chi connectivity index (χ3v) is 4.28. The molecule has 0 amide bonds. The molecule has 2 rings (SSSR count). The molecule has 1 aromatic rings. The van der Waals surface area contributed by atoms with Crippen LogP contribution in [0.1, 0.15) is 18.9 Å². The van der Waals surface area contributed by atoms with E-state index in [2.05, 4.69) is 24.2 Å². The Morgan fingerprint density at radius 3 is 2.84 bits per heavy atom. The molecule has 5 heteroatoms. The van der Waals surface area contributed by atoms with Crippen LogP contribution in [0.5, 0.6) is 5.75 Å². The number of hydrogen-bond donors (Lipinski definition) is 2. The second kappa shape index (κ2) is 6.31. The van der Waals surface area contributed by atoms with E-state index in [1.807, 2.05) is 0 Å². The summed E-state index contributed by atoms with van der Waals surface area (Å²) < 4.78 is 0. The first-order chi connectivity index (χ1) is 8.97. The van der Waals surface area contributed by atoms with Crippen molar-refractivity contribution in [3.05, 3.63) is 27.7 Å². The van der Waals surface area contributed by atoms with E-state index < -0.39 is 0 Å². The molecule has 3 nitrogen and oxygen atoms in total. The molecule has 1 saturated heterocycles. The van der Waals surface area contributed by atoms with E-state index in [-0.39, 0.29) is 5.75 Å². The number of likely N-dealkylation sites (tertiary alicyclic amines) is 1. The summed E-state index contributed by atoms with van der Waals surface area (Å²) in [6, 6.07) is 3.78. The fraction of sp³-hybridized carbons (Fsp3) is 0.571. The van der Waals surface area contributed by atoms with Crippen LogP contribution in [0.3, 0.4) is 0 Å². The van der Waals surface area contributed by atoms with Crippen molar-refractivity contribution in [3.63, 3.8) is 0 Å². The highest BCUT2D eigenvalue weighted by Gasteiger charge is 2.23. The van der Waals surface area contributed by atoms with Gasteiger partial charge in [-0.1, -0.05) is 30.1 Å². The molecule has 0 spiro atoms. The van der Waals surface area contributed by atoms with Crippen molar-refractivity contribution in [1.82, 2.24) is 10.2 Å². The van der Waals surface area contributed by atoms with Crippen LogP contribution in [-0.2, 0) is 6.54 Å². The molecular formula is C14H20Cl2N2O. The van der Waals surface area contributed by atoms with Crippen molar-refractivity contribution >= 4 is 23.2 Å². The Kier molecular flexibility index (Phi) is 4.96. The highest BCUT2D eigenvalue weighted by atomic mass is 35.5. The van der Waals surface area contributed by atoms with Gasteiger partial charge in [0.05, 0.1) is 5.02 Å². The van der Waals surface area contributed by atoms with Gasteiger partial charge in [0, 0.05) is 29.7 Å². The topological polar surface area (TPSA) is 35.5 Å². The molecule has 0 radical (unpaired) electrons. The zero-order chi connectivity index (χ0) is 14.0. The molecule has 19 heavy (non-hydrogen) atoms. The summed E-state index contributed by atoms with van der Waals surface area (Å²) in [7, 11) is 2.15. The number of phenols is 1. The Bertz CT molecular complexity index is 453. The van der Waals surface area contributed by atoms with Gasteiger partial charge < -0.3 is 15.3 Å².